The number of carboxylic acids is 2. The highest BCUT2D eigenvalue weighted by atomic mass is 16.6. The van der Waals surface area contributed by atoms with Gasteiger partial charge in [0.15, 0.2) is 11.5 Å². The topological polar surface area (TPSA) is 185 Å². The molecule has 6 N–H and O–H groups in total. The molecule has 0 spiro atoms. The zero-order valence-electron chi connectivity index (χ0n) is 25.5. The maximum Gasteiger partial charge on any atom is 0.412 e. The van der Waals surface area contributed by atoms with Gasteiger partial charge in [-0.3, -0.25) is 9.59 Å². The number of aliphatic carboxylic acids is 2. The SMILES string of the molecule is C[C@H]1COc2c1c(OC(=O)NCCCNCC(=O)O)c(OC(=O)NCCCNCC(=O)O)c1c3c(ccc21)C(C)(C)CCC3. The Bertz CT molecular complexity index is 1410. The van der Waals surface area contributed by atoms with Crippen LogP contribution in [0.15, 0.2) is 12.1 Å². The van der Waals surface area contributed by atoms with E-state index in [0.717, 1.165) is 35.8 Å². The maximum atomic E-state index is 13.1. The first-order valence-electron chi connectivity index (χ1n) is 15.0. The van der Waals surface area contributed by atoms with Crippen LogP contribution >= 0.6 is 0 Å². The molecular weight excluding hydrogens is 572 g/mol. The van der Waals surface area contributed by atoms with Crippen LogP contribution in [0, 0.1) is 0 Å². The van der Waals surface area contributed by atoms with Gasteiger partial charge in [0.2, 0.25) is 0 Å². The molecule has 0 radical (unpaired) electrons. The summed E-state index contributed by atoms with van der Waals surface area (Å²) in [5.74, 6) is -1.17. The lowest BCUT2D eigenvalue weighted by molar-refractivity contribution is -0.136. The van der Waals surface area contributed by atoms with Crippen LogP contribution in [0.25, 0.3) is 10.8 Å². The number of rotatable bonds is 14. The molecule has 13 nitrogen and oxygen atoms in total. The average Bonchev–Trinajstić information content (AvgIpc) is 3.34. The Kier molecular flexibility index (Phi) is 10.9. The largest absolute Gasteiger partial charge is 0.492 e. The molecule has 1 aliphatic heterocycles. The molecule has 0 aromatic heterocycles. The lowest BCUT2D eigenvalue weighted by Gasteiger charge is -2.34. The molecule has 1 atom stereocenters. The number of carbonyl (C=O) groups excluding carboxylic acids is 2. The van der Waals surface area contributed by atoms with Crippen LogP contribution in [-0.2, 0) is 21.4 Å². The van der Waals surface area contributed by atoms with Gasteiger partial charge >= 0.3 is 24.1 Å². The Morgan fingerprint density at radius 2 is 1.50 bits per heavy atom. The molecule has 2 amide bonds. The van der Waals surface area contributed by atoms with E-state index in [1.807, 2.05) is 13.0 Å². The van der Waals surface area contributed by atoms with E-state index in [1.54, 1.807) is 0 Å². The van der Waals surface area contributed by atoms with Gasteiger partial charge in [0, 0.05) is 35.3 Å². The minimum atomic E-state index is -0.962. The fraction of sp³-hybridized carbons (Fsp3) is 0.548. The van der Waals surface area contributed by atoms with Crippen molar-refractivity contribution in [3.8, 4) is 17.2 Å². The minimum Gasteiger partial charge on any atom is -0.492 e. The summed E-state index contributed by atoms with van der Waals surface area (Å²) in [7, 11) is 0. The van der Waals surface area contributed by atoms with Crippen LogP contribution in [0.3, 0.4) is 0 Å². The molecule has 1 heterocycles. The van der Waals surface area contributed by atoms with Crippen LogP contribution < -0.4 is 35.5 Å². The Morgan fingerprint density at radius 1 is 0.909 bits per heavy atom. The fourth-order valence-corrected chi connectivity index (χ4v) is 5.87. The van der Waals surface area contributed by atoms with Gasteiger partial charge < -0.3 is 45.7 Å². The van der Waals surface area contributed by atoms with E-state index >= 15 is 0 Å². The van der Waals surface area contributed by atoms with Gasteiger partial charge in [-0.1, -0.05) is 32.9 Å². The van der Waals surface area contributed by atoms with E-state index in [0.29, 0.717) is 49.2 Å². The highest BCUT2D eigenvalue weighted by Gasteiger charge is 2.37. The summed E-state index contributed by atoms with van der Waals surface area (Å²) < 4.78 is 18.1. The fourth-order valence-electron chi connectivity index (χ4n) is 5.87. The molecule has 4 rings (SSSR count). The third kappa shape index (κ3) is 7.88. The van der Waals surface area contributed by atoms with Crippen molar-refractivity contribution < 1.29 is 43.6 Å². The predicted molar refractivity (Wildman–Crippen MR) is 162 cm³/mol. The first-order valence-corrected chi connectivity index (χ1v) is 15.0. The maximum absolute atomic E-state index is 13.1. The normalized spacial score (nSPS) is 16.4. The second-order valence-corrected chi connectivity index (χ2v) is 11.8. The third-order valence-corrected chi connectivity index (χ3v) is 7.95. The summed E-state index contributed by atoms with van der Waals surface area (Å²) in [5, 5.41) is 30.0. The van der Waals surface area contributed by atoms with Crippen LogP contribution in [-0.4, -0.2) is 80.2 Å². The molecule has 0 saturated carbocycles. The van der Waals surface area contributed by atoms with Crippen molar-refractivity contribution in [2.24, 2.45) is 0 Å². The standard InChI is InChI=1S/C31H42N4O9/c1-18-17-42-26-20-8-9-21-19(7-4-10-31(21,2)3)25(20)28(44-30(41)35-14-6-12-33-16-23(38)39)27(24(18)26)43-29(40)34-13-5-11-32-15-22(36)37/h8-9,18,32-33H,4-7,10-17H2,1-3H3,(H,34,40)(H,35,41)(H,36,37)(H,38,39)/t18-/m0/s1. The van der Waals surface area contributed by atoms with Crippen molar-refractivity contribution in [2.75, 3.05) is 45.9 Å². The molecule has 0 bridgehead atoms. The zero-order valence-corrected chi connectivity index (χ0v) is 25.5. The highest BCUT2D eigenvalue weighted by molar-refractivity contribution is 6.02. The molecule has 1 aliphatic carbocycles. The van der Waals surface area contributed by atoms with Crippen molar-refractivity contribution >= 4 is 34.9 Å². The van der Waals surface area contributed by atoms with E-state index in [1.165, 1.54) is 0 Å². The van der Waals surface area contributed by atoms with Gasteiger partial charge in [-0.15, -0.1) is 0 Å². The number of fused-ring (bicyclic) bond motifs is 5. The Labute approximate surface area is 256 Å². The number of hydrogen-bond acceptors (Lipinski definition) is 9. The van der Waals surface area contributed by atoms with Gasteiger partial charge in [-0.2, -0.15) is 0 Å². The number of benzene rings is 2. The minimum absolute atomic E-state index is 0.107. The Hall–Kier alpha value is -4.10. The summed E-state index contributed by atoms with van der Waals surface area (Å²) in [6.45, 7) is 7.62. The van der Waals surface area contributed by atoms with Crippen molar-refractivity contribution in [3.05, 3.63) is 28.8 Å². The van der Waals surface area contributed by atoms with Crippen LogP contribution in [0.4, 0.5) is 9.59 Å². The lowest BCUT2D eigenvalue weighted by Crippen LogP contribution is -2.32. The van der Waals surface area contributed by atoms with Crippen molar-refractivity contribution in [1.29, 1.82) is 0 Å². The van der Waals surface area contributed by atoms with Crippen LogP contribution in [0.1, 0.15) is 69.1 Å². The van der Waals surface area contributed by atoms with Crippen molar-refractivity contribution in [1.82, 2.24) is 21.3 Å². The first-order chi connectivity index (χ1) is 21.0. The molecule has 44 heavy (non-hydrogen) atoms. The number of nitrogens with one attached hydrogen (secondary N) is 4. The molecule has 13 heteroatoms. The van der Waals surface area contributed by atoms with E-state index in [2.05, 4.69) is 41.2 Å². The van der Waals surface area contributed by atoms with Gasteiger partial charge in [-0.05, 0) is 61.7 Å². The molecule has 240 valence electrons. The smallest absolute Gasteiger partial charge is 0.412 e. The molecule has 0 unspecified atom stereocenters. The van der Waals surface area contributed by atoms with E-state index in [-0.39, 0.29) is 49.0 Å². The number of carboxylic acid groups (broad SMARTS) is 2. The number of carbonyl (C=O) groups is 4. The van der Waals surface area contributed by atoms with E-state index in [4.69, 9.17) is 24.4 Å². The van der Waals surface area contributed by atoms with Crippen LogP contribution in [0.2, 0.25) is 0 Å². The van der Waals surface area contributed by atoms with Gasteiger partial charge in [0.1, 0.15) is 5.75 Å². The van der Waals surface area contributed by atoms with E-state index < -0.39 is 24.1 Å². The van der Waals surface area contributed by atoms with Crippen molar-refractivity contribution in [3.63, 3.8) is 0 Å². The van der Waals surface area contributed by atoms with Gasteiger partial charge in [0.05, 0.1) is 19.7 Å². The number of ether oxygens (including phenoxy) is 3. The summed E-state index contributed by atoms with van der Waals surface area (Å²) in [5.41, 5.74) is 2.71. The summed E-state index contributed by atoms with van der Waals surface area (Å²) in [4.78, 5) is 47.6. The highest BCUT2D eigenvalue weighted by Crippen LogP contribution is 2.55. The number of aryl methyl sites for hydroxylation is 1. The Balaban J connectivity index is 1.65. The Morgan fingerprint density at radius 3 is 2.09 bits per heavy atom. The second kappa shape index (κ2) is 14.6. The lowest BCUT2D eigenvalue weighted by atomic mass is 9.71. The monoisotopic (exact) mass is 614 g/mol. The molecule has 2 aromatic rings. The molecular formula is C31H42N4O9. The van der Waals surface area contributed by atoms with Gasteiger partial charge in [0.25, 0.3) is 0 Å². The van der Waals surface area contributed by atoms with Crippen LogP contribution in [0.5, 0.6) is 17.2 Å². The predicted octanol–water partition coefficient (Wildman–Crippen LogP) is 3.26. The van der Waals surface area contributed by atoms with E-state index in [9.17, 15) is 19.2 Å². The summed E-state index contributed by atoms with van der Waals surface area (Å²) in [6, 6.07) is 4.11. The second-order valence-electron chi connectivity index (χ2n) is 11.8. The summed E-state index contributed by atoms with van der Waals surface area (Å²) >= 11 is 0. The number of amides is 2. The quantitative estimate of drug-likeness (QED) is 0.172. The molecule has 2 aromatic carbocycles. The van der Waals surface area contributed by atoms with Gasteiger partial charge in [-0.25, -0.2) is 9.59 Å². The molecule has 0 saturated heterocycles. The average molecular weight is 615 g/mol. The third-order valence-electron chi connectivity index (χ3n) is 7.95. The van der Waals surface area contributed by atoms with Crippen molar-refractivity contribution in [2.45, 2.75) is 64.2 Å². The number of hydrogen-bond donors (Lipinski definition) is 6. The molecule has 0 fully saturated rings. The summed E-state index contributed by atoms with van der Waals surface area (Å²) in [6.07, 6.45) is 2.20. The zero-order chi connectivity index (χ0) is 31.9. The first kappa shape index (κ1) is 32.8. The molecule has 2 aliphatic rings.